The number of nitrogens with zero attached hydrogens (tertiary/aromatic N) is 1. The molecule has 2 aromatic carbocycles. The summed E-state index contributed by atoms with van der Waals surface area (Å²) in [5, 5.41) is 3.41. The highest BCUT2D eigenvalue weighted by molar-refractivity contribution is 6.36. The average Bonchev–Trinajstić information content (AvgIpc) is 2.58. The van der Waals surface area contributed by atoms with Crippen molar-refractivity contribution in [3.63, 3.8) is 0 Å². The van der Waals surface area contributed by atoms with Gasteiger partial charge in [0.2, 0.25) is 5.91 Å². The molecule has 1 heterocycles. The van der Waals surface area contributed by atoms with Crippen molar-refractivity contribution < 1.29 is 4.79 Å². The van der Waals surface area contributed by atoms with Crippen LogP contribution in [0.3, 0.4) is 0 Å². The molecular weight excluding hydrogens is 277 g/mol. The number of carbonyl (C=O) groups is 1. The van der Waals surface area contributed by atoms with Crippen LogP contribution in [0.1, 0.15) is 11.1 Å². The third-order valence-electron chi connectivity index (χ3n) is 3.08. The van der Waals surface area contributed by atoms with Gasteiger partial charge in [-0.25, -0.2) is 0 Å². The number of amides is 1. The Bertz CT molecular complexity index is 725. The van der Waals surface area contributed by atoms with Crippen molar-refractivity contribution in [1.82, 2.24) is 0 Å². The number of aliphatic imine (C=N–C) groups is 1. The molecule has 0 radical (unpaired) electrons. The number of carbonyl (C=O) groups excluding carboxylic acids is 1. The molecule has 1 aliphatic rings. The van der Waals surface area contributed by atoms with Gasteiger partial charge in [-0.3, -0.25) is 9.79 Å². The van der Waals surface area contributed by atoms with Gasteiger partial charge in [-0.15, -0.1) is 0 Å². The van der Waals surface area contributed by atoms with E-state index in [1.165, 1.54) is 0 Å². The second-order valence-corrected chi connectivity index (χ2v) is 4.91. The van der Waals surface area contributed by atoms with Crippen molar-refractivity contribution in [2.75, 3.05) is 17.6 Å². The molecule has 0 saturated carbocycles. The number of rotatable bonds is 1. The lowest BCUT2D eigenvalue weighted by Crippen LogP contribution is -2.13. The Kier molecular flexibility index (Phi) is 3.16. The molecule has 3 N–H and O–H groups in total. The Hall–Kier alpha value is -2.33. The van der Waals surface area contributed by atoms with Crippen LogP contribution < -0.4 is 11.1 Å². The van der Waals surface area contributed by atoms with Crippen LogP contribution in [0.25, 0.3) is 0 Å². The summed E-state index contributed by atoms with van der Waals surface area (Å²) in [7, 11) is 0. The van der Waals surface area contributed by atoms with Crippen molar-refractivity contribution in [1.29, 1.82) is 0 Å². The zero-order valence-electron chi connectivity index (χ0n) is 10.6. The van der Waals surface area contributed by atoms with Gasteiger partial charge in [-0.05, 0) is 24.3 Å². The summed E-state index contributed by atoms with van der Waals surface area (Å²) in [4.78, 5) is 16.1. The SMILES string of the molecule is Nc1ccc2c(c1)C(c1ccccc1Cl)=[15N][13CH2][13C](=O)N2. The van der Waals surface area contributed by atoms with Gasteiger partial charge in [0, 0.05) is 21.8 Å². The highest BCUT2D eigenvalue weighted by atomic mass is 35.5. The number of hydrogen-bond donors (Lipinski definition) is 2. The maximum absolute atomic E-state index is 11.7. The number of benzene rings is 2. The molecule has 1 aliphatic heterocycles. The topological polar surface area (TPSA) is 67.5 Å². The highest BCUT2D eigenvalue weighted by Gasteiger charge is 2.19. The van der Waals surface area contributed by atoms with E-state index in [1.54, 1.807) is 24.3 Å². The molecule has 100 valence electrons. The number of nitrogens with one attached hydrogen (secondary N) is 1. The van der Waals surface area contributed by atoms with Crippen LogP contribution in [0.15, 0.2) is 47.5 Å². The molecule has 0 saturated heterocycles. The Morgan fingerprint density at radius 3 is 2.75 bits per heavy atom. The van der Waals surface area contributed by atoms with Gasteiger partial charge in [0.15, 0.2) is 0 Å². The molecule has 0 aromatic heterocycles. The van der Waals surface area contributed by atoms with E-state index in [-0.39, 0.29) is 12.5 Å². The lowest BCUT2D eigenvalue weighted by atomic mass is 10.0. The van der Waals surface area contributed by atoms with Gasteiger partial charge >= 0.3 is 0 Å². The minimum absolute atomic E-state index is 0.0646. The fraction of sp³-hybridized carbons (Fsp3) is 0.0667. The van der Waals surface area contributed by atoms with Crippen LogP contribution >= 0.6 is 11.6 Å². The standard InChI is InChI=1S/C15H12ClN3O/c16-12-4-2-1-3-10(12)15-11-7-9(17)5-6-13(11)19-14(20)8-18-15/h1-7H,8,17H2,(H,19,20)/i8+1,14+1,18+1. The number of fused-ring (bicyclic) bond motifs is 1. The van der Waals surface area contributed by atoms with Gasteiger partial charge in [0.05, 0.1) is 11.4 Å². The van der Waals surface area contributed by atoms with E-state index < -0.39 is 0 Å². The van der Waals surface area contributed by atoms with Crippen LogP contribution in [0.5, 0.6) is 0 Å². The van der Waals surface area contributed by atoms with Crippen molar-refractivity contribution in [2.24, 2.45) is 4.99 Å². The second-order valence-electron chi connectivity index (χ2n) is 4.50. The number of nitrogens with two attached hydrogens (primary N) is 1. The smallest absolute Gasteiger partial charge is 0.246 e. The Morgan fingerprint density at radius 2 is 1.95 bits per heavy atom. The number of hydrogen-bond acceptors (Lipinski definition) is 3. The first-order chi connectivity index (χ1) is 9.65. The van der Waals surface area contributed by atoms with E-state index >= 15 is 0 Å². The van der Waals surface area contributed by atoms with E-state index in [4.69, 9.17) is 17.3 Å². The van der Waals surface area contributed by atoms with E-state index in [9.17, 15) is 4.79 Å². The maximum atomic E-state index is 11.7. The lowest BCUT2D eigenvalue weighted by Gasteiger charge is -2.11. The third-order valence-corrected chi connectivity index (χ3v) is 3.41. The van der Waals surface area contributed by atoms with E-state index in [2.05, 4.69) is 10.3 Å². The molecule has 1 amide bonds. The number of benzodiazepines with no additional fused rings is 1. The second kappa shape index (κ2) is 4.98. The molecule has 0 bridgehead atoms. The number of nitrogen functional groups attached to an aromatic ring is 1. The first-order valence-corrected chi connectivity index (χ1v) is 6.52. The van der Waals surface area contributed by atoms with Gasteiger partial charge in [-0.2, -0.15) is 0 Å². The zero-order chi connectivity index (χ0) is 14.1. The third kappa shape index (κ3) is 2.26. The minimum Gasteiger partial charge on any atom is -0.399 e. The zero-order valence-corrected chi connectivity index (χ0v) is 11.3. The summed E-state index contributed by atoms with van der Waals surface area (Å²) in [5.74, 6) is -0.155. The van der Waals surface area contributed by atoms with Crippen molar-refractivity contribution in [3.8, 4) is 0 Å². The maximum Gasteiger partial charge on any atom is 0.246 e. The van der Waals surface area contributed by atoms with Crippen molar-refractivity contribution in [2.45, 2.75) is 0 Å². The summed E-state index contributed by atoms with van der Waals surface area (Å²) in [6.07, 6.45) is 0. The quantitative estimate of drug-likeness (QED) is 0.481. The lowest BCUT2D eigenvalue weighted by molar-refractivity contribution is -0.114. The van der Waals surface area contributed by atoms with Crippen molar-refractivity contribution >= 4 is 34.6 Å². The average molecular weight is 289 g/mol. The predicted molar refractivity (Wildman–Crippen MR) is 81.4 cm³/mol. The number of anilines is 2. The largest absolute Gasteiger partial charge is 0.399 e. The van der Waals surface area contributed by atoms with E-state index in [0.717, 1.165) is 11.1 Å². The molecule has 4 nitrogen and oxygen atoms in total. The minimum atomic E-state index is -0.155. The summed E-state index contributed by atoms with van der Waals surface area (Å²) >= 11 is 6.24. The van der Waals surface area contributed by atoms with Crippen molar-refractivity contribution in [3.05, 3.63) is 58.6 Å². The fourth-order valence-corrected chi connectivity index (χ4v) is 2.40. The Labute approximate surface area is 121 Å². The van der Waals surface area contributed by atoms with Gasteiger partial charge in [0.1, 0.15) is 6.54 Å². The van der Waals surface area contributed by atoms with Crippen LogP contribution in [0.2, 0.25) is 5.02 Å². The molecule has 0 spiro atoms. The molecule has 2 aromatic rings. The van der Waals surface area contributed by atoms with E-state index in [1.807, 2.05) is 18.2 Å². The molecule has 0 aliphatic carbocycles. The highest BCUT2D eigenvalue weighted by Crippen LogP contribution is 2.27. The van der Waals surface area contributed by atoms with E-state index in [0.29, 0.717) is 22.1 Å². The summed E-state index contributed by atoms with van der Waals surface area (Å²) in [5.41, 5.74) is 9.40. The van der Waals surface area contributed by atoms with Gasteiger partial charge in [-0.1, -0.05) is 29.8 Å². The molecule has 0 atom stereocenters. The first kappa shape index (κ1) is 12.7. The molecule has 5 heteroatoms. The molecule has 20 heavy (non-hydrogen) atoms. The summed E-state index contributed by atoms with van der Waals surface area (Å²) in [6.45, 7) is 0.0646. The normalized spacial score (nSPS) is 14.1. The summed E-state index contributed by atoms with van der Waals surface area (Å²) in [6, 6.07) is 12.7. The molecular formula is C15H12ClN3O. The van der Waals surface area contributed by atoms with Gasteiger partial charge < -0.3 is 11.1 Å². The predicted octanol–water partition coefficient (Wildman–Crippen LogP) is 2.71. The van der Waals surface area contributed by atoms with Crippen LogP contribution in [-0.2, 0) is 4.79 Å². The summed E-state index contributed by atoms with van der Waals surface area (Å²) < 4.78 is 0. The molecule has 0 fully saturated rings. The number of halogens is 1. The van der Waals surface area contributed by atoms with Crippen LogP contribution in [0.4, 0.5) is 11.4 Å². The van der Waals surface area contributed by atoms with Gasteiger partial charge in [0.25, 0.3) is 0 Å². The first-order valence-electron chi connectivity index (χ1n) is 6.14. The Balaban J connectivity index is 2.23. The fourth-order valence-electron chi connectivity index (χ4n) is 2.18. The molecule has 0 unspecified atom stereocenters. The van der Waals surface area contributed by atoms with Crippen LogP contribution in [-0.4, -0.2) is 18.2 Å². The molecule has 3 rings (SSSR count). The van der Waals surface area contributed by atoms with Crippen LogP contribution in [0, 0.1) is 0 Å². The monoisotopic (exact) mass is 288 g/mol. The Morgan fingerprint density at radius 1 is 1.15 bits per heavy atom.